The van der Waals surface area contributed by atoms with E-state index < -0.39 is 6.36 Å². The van der Waals surface area contributed by atoms with E-state index in [4.69, 9.17) is 4.42 Å². The number of hydrogen-bond donors (Lipinski definition) is 1. The van der Waals surface area contributed by atoms with E-state index in [0.717, 1.165) is 32.5 Å². The van der Waals surface area contributed by atoms with Crippen LogP contribution >= 0.6 is 0 Å². The molecule has 3 aliphatic rings. The van der Waals surface area contributed by atoms with Crippen LogP contribution in [-0.4, -0.2) is 42.8 Å². The standard InChI is InChI=1S/C23H21F3N2O3/c24-23(25,26)31-17-5-1-3-15(11-17)18-6-2-4-16-12-20(30-21(16)18)22(29)27-19-13-28-9-7-14(19)8-10-28/h1-6,11-12,14,19H,7-10,13H2,(H,27,29)/t19-/m0/s1. The van der Waals surface area contributed by atoms with E-state index in [2.05, 4.69) is 15.0 Å². The van der Waals surface area contributed by atoms with Gasteiger partial charge in [0, 0.05) is 23.5 Å². The van der Waals surface area contributed by atoms with Crippen molar-refractivity contribution in [3.8, 4) is 16.9 Å². The Morgan fingerprint density at radius 3 is 2.58 bits per heavy atom. The Balaban J connectivity index is 1.42. The Kier molecular flexibility index (Phi) is 4.89. The fourth-order valence-corrected chi connectivity index (χ4v) is 4.63. The molecule has 31 heavy (non-hydrogen) atoms. The summed E-state index contributed by atoms with van der Waals surface area (Å²) < 4.78 is 47.7. The van der Waals surface area contributed by atoms with Crippen LogP contribution in [-0.2, 0) is 0 Å². The molecule has 0 unspecified atom stereocenters. The molecule has 1 N–H and O–H groups in total. The average molecular weight is 430 g/mol. The summed E-state index contributed by atoms with van der Waals surface area (Å²) in [5, 5.41) is 3.81. The molecule has 5 nitrogen and oxygen atoms in total. The highest BCUT2D eigenvalue weighted by molar-refractivity contribution is 6.00. The number of halogens is 3. The second-order valence-electron chi connectivity index (χ2n) is 8.13. The Labute approximate surface area is 176 Å². The van der Waals surface area contributed by atoms with Gasteiger partial charge in [-0.05, 0) is 55.6 Å². The molecule has 0 spiro atoms. The number of para-hydroxylation sites is 1. The van der Waals surface area contributed by atoms with Gasteiger partial charge in [-0.25, -0.2) is 0 Å². The normalized spacial score (nSPS) is 23.1. The summed E-state index contributed by atoms with van der Waals surface area (Å²) in [4.78, 5) is 15.2. The number of carbonyl (C=O) groups is 1. The first-order chi connectivity index (χ1) is 14.9. The van der Waals surface area contributed by atoms with Crippen molar-refractivity contribution >= 4 is 16.9 Å². The van der Waals surface area contributed by atoms with Crippen molar-refractivity contribution in [2.75, 3.05) is 19.6 Å². The summed E-state index contributed by atoms with van der Waals surface area (Å²) in [6.07, 6.45) is -2.59. The highest BCUT2D eigenvalue weighted by atomic mass is 19.4. The molecule has 3 fully saturated rings. The number of hydrogen-bond acceptors (Lipinski definition) is 4. The van der Waals surface area contributed by atoms with Crippen molar-refractivity contribution < 1.29 is 27.1 Å². The Bertz CT molecular complexity index is 1120. The number of nitrogens with one attached hydrogen (secondary N) is 1. The molecule has 1 amide bonds. The molecule has 8 heteroatoms. The maximum absolute atomic E-state index is 12.8. The minimum absolute atomic E-state index is 0.110. The average Bonchev–Trinajstić information content (AvgIpc) is 3.18. The van der Waals surface area contributed by atoms with Gasteiger partial charge in [-0.1, -0.05) is 30.3 Å². The van der Waals surface area contributed by atoms with Crippen LogP contribution in [0.15, 0.2) is 52.9 Å². The minimum Gasteiger partial charge on any atom is -0.450 e. The van der Waals surface area contributed by atoms with Crippen LogP contribution in [0, 0.1) is 5.92 Å². The van der Waals surface area contributed by atoms with Crippen molar-refractivity contribution in [2.45, 2.75) is 25.2 Å². The summed E-state index contributed by atoms with van der Waals surface area (Å²) in [6, 6.07) is 12.8. The van der Waals surface area contributed by atoms with Gasteiger partial charge in [0.1, 0.15) is 11.3 Å². The Hall–Kier alpha value is -3.00. The van der Waals surface area contributed by atoms with Gasteiger partial charge in [-0.15, -0.1) is 13.2 Å². The molecule has 1 atom stereocenters. The Morgan fingerprint density at radius 2 is 1.87 bits per heavy atom. The van der Waals surface area contributed by atoms with Gasteiger partial charge in [0.25, 0.3) is 5.91 Å². The van der Waals surface area contributed by atoms with Gasteiger partial charge in [-0.3, -0.25) is 4.79 Å². The van der Waals surface area contributed by atoms with Gasteiger partial charge < -0.3 is 19.4 Å². The lowest BCUT2D eigenvalue weighted by atomic mass is 9.84. The number of furan rings is 1. The fraction of sp³-hybridized carbons (Fsp3) is 0.348. The molecular formula is C23H21F3N2O3. The monoisotopic (exact) mass is 430 g/mol. The van der Waals surface area contributed by atoms with Crippen LogP contribution in [0.2, 0.25) is 0 Å². The van der Waals surface area contributed by atoms with E-state index >= 15 is 0 Å². The maximum atomic E-state index is 12.8. The Morgan fingerprint density at radius 1 is 1.10 bits per heavy atom. The van der Waals surface area contributed by atoms with Gasteiger partial charge in [0.2, 0.25) is 0 Å². The number of amides is 1. The summed E-state index contributed by atoms with van der Waals surface area (Å²) in [6.45, 7) is 3.03. The predicted octanol–water partition coefficient (Wildman–Crippen LogP) is 4.82. The molecule has 3 aromatic rings. The van der Waals surface area contributed by atoms with Crippen LogP contribution < -0.4 is 10.1 Å². The van der Waals surface area contributed by atoms with Crippen LogP contribution in [0.5, 0.6) is 5.75 Å². The zero-order chi connectivity index (χ0) is 21.6. The van der Waals surface area contributed by atoms with Crippen LogP contribution in [0.3, 0.4) is 0 Å². The van der Waals surface area contributed by atoms with Gasteiger partial charge in [0.05, 0.1) is 0 Å². The minimum atomic E-state index is -4.77. The van der Waals surface area contributed by atoms with E-state index in [1.807, 2.05) is 6.07 Å². The zero-order valence-electron chi connectivity index (χ0n) is 16.6. The first kappa shape index (κ1) is 19.9. The lowest BCUT2D eigenvalue weighted by molar-refractivity contribution is -0.274. The lowest BCUT2D eigenvalue weighted by Gasteiger charge is -2.44. The topological polar surface area (TPSA) is 54.7 Å². The third-order valence-corrected chi connectivity index (χ3v) is 6.12. The van der Waals surface area contributed by atoms with Crippen molar-refractivity contribution in [1.82, 2.24) is 10.2 Å². The molecule has 0 radical (unpaired) electrons. The summed E-state index contributed by atoms with van der Waals surface area (Å²) >= 11 is 0. The number of rotatable bonds is 4. The number of ether oxygens (including phenoxy) is 1. The molecule has 2 bridgehead atoms. The van der Waals surface area contributed by atoms with Crippen LogP contribution in [0.4, 0.5) is 13.2 Å². The molecule has 1 aromatic heterocycles. The summed E-state index contributed by atoms with van der Waals surface area (Å²) in [7, 11) is 0. The largest absolute Gasteiger partial charge is 0.573 e. The summed E-state index contributed by atoms with van der Waals surface area (Å²) in [5.41, 5.74) is 1.55. The van der Waals surface area contributed by atoms with Crippen molar-refractivity contribution in [1.29, 1.82) is 0 Å². The fourth-order valence-electron chi connectivity index (χ4n) is 4.63. The third kappa shape index (κ3) is 4.12. The van der Waals surface area contributed by atoms with Gasteiger partial charge in [0.15, 0.2) is 5.76 Å². The highest BCUT2D eigenvalue weighted by Gasteiger charge is 2.35. The molecular weight excluding hydrogens is 409 g/mol. The number of alkyl halides is 3. The second-order valence-corrected chi connectivity index (χ2v) is 8.13. The van der Waals surface area contributed by atoms with Crippen LogP contribution in [0.25, 0.3) is 22.1 Å². The lowest BCUT2D eigenvalue weighted by Crippen LogP contribution is -2.57. The SMILES string of the molecule is O=C(N[C@H]1CN2CCC1CC2)c1cc2cccc(-c3cccc(OC(F)(F)F)c3)c2o1. The molecule has 2 aromatic carbocycles. The smallest absolute Gasteiger partial charge is 0.450 e. The van der Waals surface area contributed by atoms with Crippen molar-refractivity contribution in [3.05, 3.63) is 54.3 Å². The van der Waals surface area contributed by atoms with Crippen molar-refractivity contribution in [3.63, 3.8) is 0 Å². The molecule has 3 aliphatic heterocycles. The van der Waals surface area contributed by atoms with E-state index in [1.165, 1.54) is 18.2 Å². The molecule has 4 heterocycles. The second kappa shape index (κ2) is 7.60. The number of carbonyl (C=O) groups excluding carboxylic acids is 1. The molecule has 0 aliphatic carbocycles. The molecule has 0 saturated carbocycles. The molecule has 6 rings (SSSR count). The first-order valence-corrected chi connectivity index (χ1v) is 10.3. The number of benzene rings is 2. The van der Waals surface area contributed by atoms with Gasteiger partial charge >= 0.3 is 6.36 Å². The predicted molar refractivity (Wildman–Crippen MR) is 109 cm³/mol. The number of piperidine rings is 3. The van der Waals surface area contributed by atoms with Gasteiger partial charge in [-0.2, -0.15) is 0 Å². The zero-order valence-corrected chi connectivity index (χ0v) is 16.6. The van der Waals surface area contributed by atoms with E-state index in [9.17, 15) is 18.0 Å². The quantitative estimate of drug-likeness (QED) is 0.645. The number of nitrogens with zero attached hydrogens (tertiary/aromatic N) is 1. The van der Waals surface area contributed by atoms with E-state index in [1.54, 1.807) is 24.3 Å². The summed E-state index contributed by atoms with van der Waals surface area (Å²) in [5.74, 6) is 0.107. The molecule has 162 valence electrons. The maximum Gasteiger partial charge on any atom is 0.573 e. The van der Waals surface area contributed by atoms with E-state index in [-0.39, 0.29) is 23.5 Å². The van der Waals surface area contributed by atoms with E-state index in [0.29, 0.717) is 28.0 Å². The van der Waals surface area contributed by atoms with Crippen LogP contribution in [0.1, 0.15) is 23.4 Å². The highest BCUT2D eigenvalue weighted by Crippen LogP contribution is 2.34. The number of fused-ring (bicyclic) bond motifs is 4. The molecule has 3 saturated heterocycles. The van der Waals surface area contributed by atoms with Crippen molar-refractivity contribution in [2.24, 2.45) is 5.92 Å². The first-order valence-electron chi connectivity index (χ1n) is 10.3. The third-order valence-electron chi connectivity index (χ3n) is 6.12.